The number of aromatic nitrogens is 1. The van der Waals surface area contributed by atoms with Crippen molar-refractivity contribution >= 4 is 11.6 Å². The molecule has 3 N–H and O–H groups in total. The second-order valence-corrected chi connectivity index (χ2v) is 4.97. The quantitative estimate of drug-likeness (QED) is 0.903. The largest absolute Gasteiger partial charge is 0.388 e. The van der Waals surface area contributed by atoms with E-state index in [4.69, 9.17) is 17.3 Å². The van der Waals surface area contributed by atoms with Gasteiger partial charge in [0, 0.05) is 29.4 Å². The molecule has 2 rings (SSSR count). The monoisotopic (exact) mass is 276 g/mol. The molecule has 100 valence electrons. The van der Waals surface area contributed by atoms with E-state index in [0.29, 0.717) is 17.1 Å². The van der Waals surface area contributed by atoms with Gasteiger partial charge in [0.1, 0.15) is 0 Å². The van der Waals surface area contributed by atoms with E-state index in [2.05, 4.69) is 4.98 Å². The first-order valence-electron chi connectivity index (χ1n) is 6.18. The minimum absolute atomic E-state index is 0.263. The molecular formula is C15H17ClN2O. The average Bonchev–Trinajstić information content (AvgIpc) is 2.40. The summed E-state index contributed by atoms with van der Waals surface area (Å²) < 4.78 is 0. The first-order valence-corrected chi connectivity index (χ1v) is 6.56. The van der Waals surface area contributed by atoms with Crippen molar-refractivity contribution in [2.24, 2.45) is 5.73 Å². The van der Waals surface area contributed by atoms with Crippen molar-refractivity contribution in [3.05, 3.63) is 64.4 Å². The zero-order valence-corrected chi connectivity index (χ0v) is 11.5. The van der Waals surface area contributed by atoms with Crippen LogP contribution in [0.15, 0.2) is 42.6 Å². The van der Waals surface area contributed by atoms with E-state index in [9.17, 15) is 5.11 Å². The number of pyridine rings is 1. The summed E-state index contributed by atoms with van der Waals surface area (Å²) in [6.45, 7) is 2.27. The number of nitrogens with two attached hydrogens (primary N) is 1. The lowest BCUT2D eigenvalue weighted by molar-refractivity contribution is 0.146. The zero-order chi connectivity index (χ0) is 13.8. The van der Waals surface area contributed by atoms with E-state index in [1.807, 2.05) is 43.3 Å². The summed E-state index contributed by atoms with van der Waals surface area (Å²) >= 11 is 6.19. The van der Waals surface area contributed by atoms with Crippen LogP contribution in [0.4, 0.5) is 0 Å². The van der Waals surface area contributed by atoms with Crippen LogP contribution >= 0.6 is 11.6 Å². The first kappa shape index (κ1) is 14.0. The molecule has 1 aromatic heterocycles. The Labute approximate surface area is 118 Å². The Morgan fingerprint density at radius 2 is 2.11 bits per heavy atom. The molecule has 0 radical (unpaired) electrons. The van der Waals surface area contributed by atoms with Crippen LogP contribution in [0.1, 0.15) is 28.8 Å². The van der Waals surface area contributed by atoms with Gasteiger partial charge in [-0.15, -0.1) is 0 Å². The average molecular weight is 277 g/mol. The lowest BCUT2D eigenvalue weighted by Gasteiger charge is -2.22. The first-order chi connectivity index (χ1) is 9.13. The molecule has 19 heavy (non-hydrogen) atoms. The van der Waals surface area contributed by atoms with Crippen molar-refractivity contribution in [3.8, 4) is 0 Å². The molecule has 0 amide bonds. The zero-order valence-electron chi connectivity index (χ0n) is 10.8. The molecule has 0 aliphatic carbocycles. The van der Waals surface area contributed by atoms with E-state index in [1.54, 1.807) is 6.20 Å². The third kappa shape index (κ3) is 3.13. The second kappa shape index (κ2) is 6.15. The molecule has 0 aliphatic rings. The summed E-state index contributed by atoms with van der Waals surface area (Å²) in [7, 11) is 0. The third-order valence-electron chi connectivity index (χ3n) is 3.18. The summed E-state index contributed by atoms with van der Waals surface area (Å²) in [5, 5.41) is 11.1. The molecule has 0 saturated heterocycles. The van der Waals surface area contributed by atoms with Crippen LogP contribution in [0.25, 0.3) is 0 Å². The van der Waals surface area contributed by atoms with Gasteiger partial charge in [-0.3, -0.25) is 4.98 Å². The lowest BCUT2D eigenvalue weighted by atomic mass is 9.92. The molecule has 0 aliphatic heterocycles. The van der Waals surface area contributed by atoms with Gasteiger partial charge in [0.25, 0.3) is 0 Å². The minimum Gasteiger partial charge on any atom is -0.388 e. The molecule has 0 fully saturated rings. The Morgan fingerprint density at radius 1 is 1.32 bits per heavy atom. The van der Waals surface area contributed by atoms with Gasteiger partial charge in [0.15, 0.2) is 0 Å². The summed E-state index contributed by atoms with van der Waals surface area (Å²) in [4.78, 5) is 4.26. The van der Waals surface area contributed by atoms with Crippen molar-refractivity contribution in [3.63, 3.8) is 0 Å². The molecule has 4 heteroatoms. The van der Waals surface area contributed by atoms with Gasteiger partial charge in [-0.25, -0.2) is 0 Å². The number of nitrogens with zero attached hydrogens (tertiary/aromatic N) is 1. The number of aliphatic hydroxyl groups excluding tert-OH is 1. The highest BCUT2D eigenvalue weighted by Gasteiger charge is 2.24. The van der Waals surface area contributed by atoms with E-state index in [0.717, 1.165) is 11.3 Å². The molecule has 2 unspecified atom stereocenters. The maximum absolute atomic E-state index is 10.5. The fourth-order valence-corrected chi connectivity index (χ4v) is 2.44. The van der Waals surface area contributed by atoms with Gasteiger partial charge in [0.2, 0.25) is 0 Å². The van der Waals surface area contributed by atoms with Crippen molar-refractivity contribution < 1.29 is 5.11 Å². The molecule has 2 aromatic rings. The molecular weight excluding hydrogens is 260 g/mol. The predicted octanol–water partition coefficient (Wildman–Crippen LogP) is 2.82. The fraction of sp³-hybridized carbons (Fsp3) is 0.267. The normalized spacial score (nSPS) is 14.1. The minimum atomic E-state index is -0.756. The summed E-state index contributed by atoms with van der Waals surface area (Å²) in [5.74, 6) is -0.263. The van der Waals surface area contributed by atoms with Gasteiger partial charge in [-0.2, -0.15) is 0 Å². The molecule has 2 atom stereocenters. The van der Waals surface area contributed by atoms with Crippen LogP contribution in [0.5, 0.6) is 0 Å². The SMILES string of the molecule is Cc1ccc(C(O)C(CN)c2ccccn2)c(Cl)c1. The van der Waals surface area contributed by atoms with Crippen LogP contribution in [-0.2, 0) is 0 Å². The van der Waals surface area contributed by atoms with Crippen LogP contribution in [0.3, 0.4) is 0 Å². The molecule has 1 aromatic carbocycles. The van der Waals surface area contributed by atoms with Gasteiger partial charge >= 0.3 is 0 Å². The Kier molecular flexibility index (Phi) is 4.53. The number of benzene rings is 1. The lowest BCUT2D eigenvalue weighted by Crippen LogP contribution is -2.21. The van der Waals surface area contributed by atoms with Gasteiger partial charge in [0.05, 0.1) is 6.10 Å². The maximum Gasteiger partial charge on any atom is 0.0900 e. The Bertz CT molecular complexity index is 545. The van der Waals surface area contributed by atoms with Crippen molar-refractivity contribution in [2.45, 2.75) is 18.9 Å². The number of aryl methyl sites for hydroxylation is 1. The number of hydrogen-bond donors (Lipinski definition) is 2. The molecule has 0 saturated carbocycles. The molecule has 3 nitrogen and oxygen atoms in total. The van der Waals surface area contributed by atoms with Crippen molar-refractivity contribution in [2.75, 3.05) is 6.54 Å². The number of hydrogen-bond acceptors (Lipinski definition) is 3. The van der Waals surface area contributed by atoms with Gasteiger partial charge < -0.3 is 10.8 Å². The van der Waals surface area contributed by atoms with Gasteiger partial charge in [-0.1, -0.05) is 29.8 Å². The topological polar surface area (TPSA) is 59.1 Å². The highest BCUT2D eigenvalue weighted by molar-refractivity contribution is 6.31. The number of halogens is 1. The van der Waals surface area contributed by atoms with E-state index < -0.39 is 6.10 Å². The van der Waals surface area contributed by atoms with Crippen LogP contribution in [0, 0.1) is 6.92 Å². The highest BCUT2D eigenvalue weighted by Crippen LogP contribution is 2.33. The number of rotatable bonds is 4. The van der Waals surface area contributed by atoms with E-state index in [-0.39, 0.29) is 5.92 Å². The molecule has 0 spiro atoms. The summed E-state index contributed by atoms with van der Waals surface area (Å²) in [5.41, 5.74) is 8.30. The number of aliphatic hydroxyl groups is 1. The van der Waals surface area contributed by atoms with Crippen molar-refractivity contribution in [1.82, 2.24) is 4.98 Å². The molecule has 0 bridgehead atoms. The fourth-order valence-electron chi connectivity index (χ4n) is 2.10. The summed E-state index contributed by atoms with van der Waals surface area (Å²) in [6.07, 6.45) is 0.939. The van der Waals surface area contributed by atoms with Crippen molar-refractivity contribution in [1.29, 1.82) is 0 Å². The van der Waals surface area contributed by atoms with Crippen LogP contribution in [-0.4, -0.2) is 16.6 Å². The molecule has 1 heterocycles. The second-order valence-electron chi connectivity index (χ2n) is 4.57. The Hall–Kier alpha value is -1.42. The maximum atomic E-state index is 10.5. The summed E-state index contributed by atoms with van der Waals surface area (Å²) in [6, 6.07) is 11.2. The highest BCUT2D eigenvalue weighted by atomic mass is 35.5. The van der Waals surface area contributed by atoms with E-state index in [1.165, 1.54) is 0 Å². The smallest absolute Gasteiger partial charge is 0.0900 e. The van der Waals surface area contributed by atoms with Crippen LogP contribution in [0.2, 0.25) is 5.02 Å². The standard InChI is InChI=1S/C15H17ClN2O/c1-10-5-6-11(13(16)8-10)15(19)12(9-17)14-4-2-3-7-18-14/h2-8,12,15,19H,9,17H2,1H3. The predicted molar refractivity (Wildman–Crippen MR) is 77.2 cm³/mol. The third-order valence-corrected chi connectivity index (χ3v) is 3.50. The Balaban J connectivity index is 2.33. The van der Waals surface area contributed by atoms with Gasteiger partial charge in [-0.05, 0) is 36.2 Å². The Morgan fingerprint density at radius 3 is 2.68 bits per heavy atom. The van der Waals surface area contributed by atoms with Crippen LogP contribution < -0.4 is 5.73 Å². The van der Waals surface area contributed by atoms with E-state index >= 15 is 0 Å².